The Morgan fingerprint density at radius 2 is 0.769 bits per heavy atom. The quantitative estimate of drug-likeness (QED) is 0.241. The number of hydrogen-bond acceptors (Lipinski definition) is 2. The van der Waals surface area contributed by atoms with E-state index >= 15 is 0 Å². The Morgan fingerprint density at radius 3 is 1.00 bits per heavy atom. The molecular formula is C22H45NaO3. The number of aliphatic carboxylic acids is 1. The predicted molar refractivity (Wildman–Crippen MR) is 107 cm³/mol. The summed E-state index contributed by atoms with van der Waals surface area (Å²) < 4.78 is 0. The zero-order valence-corrected chi connectivity index (χ0v) is 20.0. The summed E-state index contributed by atoms with van der Waals surface area (Å²) in [7, 11) is 0. The van der Waals surface area contributed by atoms with Gasteiger partial charge in [-0.1, -0.05) is 122 Å². The number of carboxylic acids is 1. The van der Waals surface area contributed by atoms with E-state index in [2.05, 4.69) is 6.92 Å². The molecule has 0 aromatic carbocycles. The molecule has 4 heteroatoms. The van der Waals surface area contributed by atoms with Crippen molar-refractivity contribution in [1.29, 1.82) is 0 Å². The van der Waals surface area contributed by atoms with E-state index in [4.69, 9.17) is 0 Å². The topological polar surface area (TPSA) is 71.6 Å². The molecule has 152 valence electrons. The van der Waals surface area contributed by atoms with Gasteiger partial charge >= 0.3 is 29.6 Å². The van der Waals surface area contributed by atoms with Crippen LogP contribution in [0, 0.1) is 0 Å². The van der Waals surface area contributed by atoms with E-state index in [0.29, 0.717) is 0 Å². The van der Waals surface area contributed by atoms with Gasteiger partial charge in [0.05, 0.1) is 0 Å². The van der Waals surface area contributed by atoms with Crippen LogP contribution in [-0.2, 0) is 4.79 Å². The average molecular weight is 381 g/mol. The van der Waals surface area contributed by atoms with Gasteiger partial charge < -0.3 is 15.4 Å². The van der Waals surface area contributed by atoms with Crippen LogP contribution >= 0.6 is 0 Å². The molecule has 0 radical (unpaired) electrons. The van der Waals surface area contributed by atoms with Gasteiger partial charge in [0.1, 0.15) is 0 Å². The third-order valence-corrected chi connectivity index (χ3v) is 4.98. The maximum Gasteiger partial charge on any atom is 1.00 e. The molecule has 0 aliphatic carbocycles. The van der Waals surface area contributed by atoms with Gasteiger partial charge in [0.25, 0.3) is 0 Å². The van der Waals surface area contributed by atoms with Gasteiger partial charge in [-0.2, -0.15) is 0 Å². The second-order valence-corrected chi connectivity index (χ2v) is 7.49. The summed E-state index contributed by atoms with van der Waals surface area (Å²) in [5.41, 5.74) is 0. The minimum atomic E-state index is -0.901. The summed E-state index contributed by atoms with van der Waals surface area (Å²) in [6, 6.07) is 0. The molecule has 0 unspecified atom stereocenters. The number of carboxylic acid groups (broad SMARTS) is 1. The SMILES string of the molecule is CCCCCCCCCCCCCCCCCCCCCC(=O)[O-].O.[Na+]. The molecular weight excluding hydrogens is 335 g/mol. The van der Waals surface area contributed by atoms with Crippen molar-refractivity contribution in [2.45, 2.75) is 135 Å². The van der Waals surface area contributed by atoms with Crippen molar-refractivity contribution in [3.63, 3.8) is 0 Å². The standard InChI is InChI=1S/C22H44O2.Na.H2O/c1-2-3-4-5-6-7-8-9-10-11-12-13-14-15-16-17-18-19-20-21-22(23)24;;/h2-21H2,1H3,(H,23,24);;1H2/q;+1;/p-1. The smallest absolute Gasteiger partial charge is 0.550 e. The van der Waals surface area contributed by atoms with Crippen LogP contribution in [0.4, 0.5) is 0 Å². The van der Waals surface area contributed by atoms with Crippen molar-refractivity contribution in [2.75, 3.05) is 0 Å². The van der Waals surface area contributed by atoms with Crippen LogP contribution < -0.4 is 34.7 Å². The van der Waals surface area contributed by atoms with Crippen LogP contribution in [0.5, 0.6) is 0 Å². The summed E-state index contributed by atoms with van der Waals surface area (Å²) in [6.07, 6.45) is 25.7. The minimum absolute atomic E-state index is 0. The van der Waals surface area contributed by atoms with Crippen molar-refractivity contribution in [3.8, 4) is 0 Å². The molecule has 0 saturated heterocycles. The zero-order valence-electron chi connectivity index (χ0n) is 18.0. The van der Waals surface area contributed by atoms with Crippen LogP contribution in [-0.4, -0.2) is 11.4 Å². The zero-order chi connectivity index (χ0) is 17.7. The third-order valence-electron chi connectivity index (χ3n) is 4.98. The average Bonchev–Trinajstić information content (AvgIpc) is 2.56. The van der Waals surface area contributed by atoms with Gasteiger partial charge in [-0.05, 0) is 12.8 Å². The van der Waals surface area contributed by atoms with E-state index in [0.717, 1.165) is 12.8 Å². The Labute approximate surface area is 185 Å². The van der Waals surface area contributed by atoms with Crippen molar-refractivity contribution in [2.24, 2.45) is 0 Å². The van der Waals surface area contributed by atoms with E-state index in [-0.39, 0.29) is 41.5 Å². The van der Waals surface area contributed by atoms with E-state index < -0.39 is 5.97 Å². The summed E-state index contributed by atoms with van der Waals surface area (Å²) in [5.74, 6) is -0.901. The van der Waals surface area contributed by atoms with Gasteiger partial charge in [-0.15, -0.1) is 0 Å². The third kappa shape index (κ3) is 29.2. The first-order chi connectivity index (χ1) is 11.8. The van der Waals surface area contributed by atoms with Gasteiger partial charge in [0.2, 0.25) is 0 Å². The molecule has 0 spiro atoms. The van der Waals surface area contributed by atoms with Crippen LogP contribution in [0.2, 0.25) is 0 Å². The number of carbonyl (C=O) groups excluding carboxylic acids is 1. The normalized spacial score (nSPS) is 10.2. The fourth-order valence-electron chi connectivity index (χ4n) is 3.35. The van der Waals surface area contributed by atoms with E-state index in [9.17, 15) is 9.90 Å². The van der Waals surface area contributed by atoms with Crippen molar-refractivity contribution in [1.82, 2.24) is 0 Å². The molecule has 0 bridgehead atoms. The molecule has 0 amide bonds. The molecule has 0 saturated carbocycles. The van der Waals surface area contributed by atoms with Crippen LogP contribution in [0.15, 0.2) is 0 Å². The van der Waals surface area contributed by atoms with E-state index in [1.807, 2.05) is 0 Å². The maximum absolute atomic E-state index is 10.3. The molecule has 26 heavy (non-hydrogen) atoms. The monoisotopic (exact) mass is 380 g/mol. The Morgan fingerprint density at radius 1 is 0.538 bits per heavy atom. The Bertz CT molecular complexity index is 260. The Kier molecular flexibility index (Phi) is 33.1. The first kappa shape index (κ1) is 31.1. The molecule has 0 fully saturated rings. The predicted octanol–water partition coefficient (Wildman–Crippen LogP) is 2.74. The van der Waals surface area contributed by atoms with Crippen LogP contribution in [0.1, 0.15) is 135 Å². The summed E-state index contributed by atoms with van der Waals surface area (Å²) in [6.45, 7) is 2.28. The van der Waals surface area contributed by atoms with Gasteiger partial charge in [-0.3, -0.25) is 0 Å². The second kappa shape index (κ2) is 27.6. The fourth-order valence-corrected chi connectivity index (χ4v) is 3.35. The van der Waals surface area contributed by atoms with Crippen molar-refractivity contribution < 1.29 is 44.9 Å². The summed E-state index contributed by atoms with van der Waals surface area (Å²) >= 11 is 0. The summed E-state index contributed by atoms with van der Waals surface area (Å²) in [5, 5.41) is 10.3. The summed E-state index contributed by atoms with van der Waals surface area (Å²) in [4.78, 5) is 10.3. The molecule has 0 aromatic rings. The van der Waals surface area contributed by atoms with Crippen LogP contribution in [0.25, 0.3) is 0 Å². The number of hydrogen-bond donors (Lipinski definition) is 0. The number of rotatable bonds is 20. The molecule has 0 aliphatic heterocycles. The van der Waals surface area contributed by atoms with Gasteiger partial charge in [0.15, 0.2) is 0 Å². The van der Waals surface area contributed by atoms with Gasteiger partial charge in [-0.25, -0.2) is 0 Å². The first-order valence-electron chi connectivity index (χ1n) is 11.0. The molecule has 3 nitrogen and oxygen atoms in total. The molecule has 2 N–H and O–H groups in total. The number of unbranched alkanes of at least 4 members (excludes halogenated alkanes) is 18. The largest absolute Gasteiger partial charge is 1.00 e. The van der Waals surface area contributed by atoms with Crippen molar-refractivity contribution in [3.05, 3.63) is 0 Å². The molecule has 0 rings (SSSR count). The maximum atomic E-state index is 10.3. The minimum Gasteiger partial charge on any atom is -0.550 e. The first-order valence-corrected chi connectivity index (χ1v) is 11.0. The second-order valence-electron chi connectivity index (χ2n) is 7.49. The van der Waals surface area contributed by atoms with Crippen LogP contribution in [0.3, 0.4) is 0 Å². The Hall–Kier alpha value is 0.430. The number of carbonyl (C=O) groups is 1. The van der Waals surface area contributed by atoms with Gasteiger partial charge in [0, 0.05) is 5.97 Å². The molecule has 0 aliphatic rings. The molecule has 0 heterocycles. The molecule has 0 atom stereocenters. The Balaban J connectivity index is -0.00000264. The molecule has 0 aromatic heterocycles. The fraction of sp³-hybridized carbons (Fsp3) is 0.955. The van der Waals surface area contributed by atoms with E-state index in [1.165, 1.54) is 109 Å². The van der Waals surface area contributed by atoms with E-state index in [1.54, 1.807) is 0 Å². The van der Waals surface area contributed by atoms with Crippen molar-refractivity contribution >= 4 is 5.97 Å².